The van der Waals surface area contributed by atoms with Crippen molar-refractivity contribution in [3.63, 3.8) is 0 Å². The van der Waals surface area contributed by atoms with Crippen molar-refractivity contribution in [2.24, 2.45) is 18.9 Å². The fourth-order valence-corrected chi connectivity index (χ4v) is 2.26. The minimum Gasteiger partial charge on any atom is -0.481 e. The van der Waals surface area contributed by atoms with Gasteiger partial charge in [-0.1, -0.05) is 20.8 Å². The Morgan fingerprint density at radius 1 is 1.52 bits per heavy atom. The predicted molar refractivity (Wildman–Crippen MR) is 78.3 cm³/mol. The van der Waals surface area contributed by atoms with Crippen LogP contribution >= 0.6 is 0 Å². The van der Waals surface area contributed by atoms with Crippen LogP contribution in [-0.4, -0.2) is 32.3 Å². The molecule has 1 aromatic rings. The molecule has 0 saturated carbocycles. The first-order valence-electron chi connectivity index (χ1n) is 6.94. The van der Waals surface area contributed by atoms with Crippen molar-refractivity contribution in [1.82, 2.24) is 9.78 Å². The van der Waals surface area contributed by atoms with Crippen molar-refractivity contribution in [2.45, 2.75) is 33.6 Å². The number of anilines is 1. The first-order chi connectivity index (χ1) is 9.77. The SMILES string of the molecule is CCc1nn(C)c(NCC(CC(C)C)C(=O)O)c1[N+](=O)[O-]. The third-order valence-corrected chi connectivity index (χ3v) is 3.23. The van der Waals surface area contributed by atoms with Gasteiger partial charge in [0.2, 0.25) is 5.82 Å². The largest absolute Gasteiger partial charge is 0.481 e. The van der Waals surface area contributed by atoms with Gasteiger partial charge in [-0.15, -0.1) is 0 Å². The van der Waals surface area contributed by atoms with Crippen LogP contribution in [0.2, 0.25) is 0 Å². The Balaban J connectivity index is 2.94. The van der Waals surface area contributed by atoms with E-state index < -0.39 is 16.8 Å². The molecule has 118 valence electrons. The number of nitrogens with one attached hydrogen (secondary N) is 1. The normalized spacial score (nSPS) is 12.4. The predicted octanol–water partition coefficient (Wildman–Crippen LogP) is 2.05. The Labute approximate surface area is 123 Å². The highest BCUT2D eigenvalue weighted by atomic mass is 16.6. The zero-order valence-corrected chi connectivity index (χ0v) is 12.8. The number of hydrogen-bond acceptors (Lipinski definition) is 5. The number of aryl methyl sites for hydroxylation is 2. The van der Waals surface area contributed by atoms with Crippen LogP contribution in [0, 0.1) is 22.0 Å². The fourth-order valence-electron chi connectivity index (χ4n) is 2.26. The van der Waals surface area contributed by atoms with Crippen LogP contribution < -0.4 is 5.32 Å². The van der Waals surface area contributed by atoms with E-state index in [1.807, 2.05) is 13.8 Å². The number of carboxylic acid groups (broad SMARTS) is 1. The van der Waals surface area contributed by atoms with Gasteiger partial charge in [0.05, 0.1) is 10.8 Å². The van der Waals surface area contributed by atoms with Crippen LogP contribution in [0.15, 0.2) is 0 Å². The van der Waals surface area contributed by atoms with Crippen LogP contribution in [0.25, 0.3) is 0 Å². The second kappa shape index (κ2) is 7.05. The molecule has 0 radical (unpaired) electrons. The van der Waals surface area contributed by atoms with Crippen molar-refractivity contribution in [2.75, 3.05) is 11.9 Å². The number of carbonyl (C=O) groups is 1. The van der Waals surface area contributed by atoms with E-state index in [-0.39, 0.29) is 24.0 Å². The number of nitro groups is 1. The summed E-state index contributed by atoms with van der Waals surface area (Å²) in [6, 6.07) is 0. The summed E-state index contributed by atoms with van der Waals surface area (Å²) in [6.45, 7) is 5.81. The summed E-state index contributed by atoms with van der Waals surface area (Å²) in [4.78, 5) is 21.9. The van der Waals surface area contributed by atoms with E-state index in [0.29, 0.717) is 18.5 Å². The first-order valence-corrected chi connectivity index (χ1v) is 6.94. The van der Waals surface area contributed by atoms with Crippen LogP contribution in [0.3, 0.4) is 0 Å². The van der Waals surface area contributed by atoms with Crippen LogP contribution in [0.1, 0.15) is 32.9 Å². The summed E-state index contributed by atoms with van der Waals surface area (Å²) >= 11 is 0. The molecule has 1 aromatic heterocycles. The van der Waals surface area contributed by atoms with E-state index in [0.717, 1.165) is 0 Å². The highest BCUT2D eigenvalue weighted by Gasteiger charge is 2.27. The molecule has 0 amide bonds. The van der Waals surface area contributed by atoms with Gasteiger partial charge < -0.3 is 10.4 Å². The second-order valence-corrected chi connectivity index (χ2v) is 5.42. The molecule has 0 saturated heterocycles. The maximum atomic E-state index is 11.2. The van der Waals surface area contributed by atoms with E-state index in [9.17, 15) is 20.0 Å². The average molecular weight is 298 g/mol. The topological polar surface area (TPSA) is 110 Å². The molecule has 8 heteroatoms. The van der Waals surface area contributed by atoms with Gasteiger partial charge in [0.25, 0.3) is 0 Å². The van der Waals surface area contributed by atoms with Gasteiger partial charge in [0, 0.05) is 13.6 Å². The van der Waals surface area contributed by atoms with Gasteiger partial charge in [-0.3, -0.25) is 14.9 Å². The summed E-state index contributed by atoms with van der Waals surface area (Å²) < 4.78 is 1.39. The Kier molecular flexibility index (Phi) is 5.69. The average Bonchev–Trinajstić information content (AvgIpc) is 2.70. The van der Waals surface area contributed by atoms with Crippen molar-refractivity contribution < 1.29 is 14.8 Å². The summed E-state index contributed by atoms with van der Waals surface area (Å²) in [7, 11) is 1.60. The molecule has 0 aliphatic rings. The van der Waals surface area contributed by atoms with Gasteiger partial charge in [0.15, 0.2) is 0 Å². The third-order valence-electron chi connectivity index (χ3n) is 3.23. The molecule has 0 aliphatic heterocycles. The maximum Gasteiger partial charge on any atom is 0.333 e. The summed E-state index contributed by atoms with van der Waals surface area (Å²) in [5.74, 6) is -1.01. The molecule has 1 heterocycles. The van der Waals surface area contributed by atoms with Gasteiger partial charge in [-0.2, -0.15) is 5.10 Å². The Hall–Kier alpha value is -2.12. The molecule has 1 rings (SSSR count). The summed E-state index contributed by atoms with van der Waals surface area (Å²) in [6.07, 6.45) is 0.953. The molecule has 0 aromatic carbocycles. The van der Waals surface area contributed by atoms with E-state index >= 15 is 0 Å². The van der Waals surface area contributed by atoms with E-state index in [2.05, 4.69) is 10.4 Å². The Bertz CT molecular complexity index is 524. The lowest BCUT2D eigenvalue weighted by Gasteiger charge is -2.15. The van der Waals surface area contributed by atoms with E-state index in [1.165, 1.54) is 4.68 Å². The minimum atomic E-state index is -0.906. The van der Waals surface area contributed by atoms with Crippen molar-refractivity contribution in [1.29, 1.82) is 0 Å². The molecular formula is C13H22N4O4. The minimum absolute atomic E-state index is 0.0753. The zero-order valence-electron chi connectivity index (χ0n) is 12.8. The lowest BCUT2D eigenvalue weighted by molar-refractivity contribution is -0.384. The molecule has 8 nitrogen and oxygen atoms in total. The number of rotatable bonds is 8. The highest BCUT2D eigenvalue weighted by molar-refractivity contribution is 5.71. The lowest BCUT2D eigenvalue weighted by Crippen LogP contribution is -2.25. The van der Waals surface area contributed by atoms with Gasteiger partial charge >= 0.3 is 11.7 Å². The van der Waals surface area contributed by atoms with Crippen molar-refractivity contribution in [3.05, 3.63) is 15.8 Å². The zero-order chi connectivity index (χ0) is 16.2. The van der Waals surface area contributed by atoms with Crippen molar-refractivity contribution >= 4 is 17.5 Å². The first kappa shape index (κ1) is 16.9. The molecular weight excluding hydrogens is 276 g/mol. The number of aromatic nitrogens is 2. The van der Waals surface area contributed by atoms with Crippen LogP contribution in [0.4, 0.5) is 11.5 Å². The standard InChI is InChI=1S/C13H22N4O4/c1-5-10-11(17(20)21)12(16(4)15-10)14-7-9(13(18)19)6-8(2)3/h8-9,14H,5-7H2,1-4H3,(H,18,19). The molecule has 2 N–H and O–H groups in total. The maximum absolute atomic E-state index is 11.2. The monoisotopic (exact) mass is 298 g/mol. The third kappa shape index (κ3) is 4.17. The number of hydrogen-bond donors (Lipinski definition) is 2. The molecule has 0 bridgehead atoms. The van der Waals surface area contributed by atoms with Crippen LogP contribution in [0.5, 0.6) is 0 Å². The van der Waals surface area contributed by atoms with E-state index in [4.69, 9.17) is 0 Å². The number of aliphatic carboxylic acids is 1. The molecule has 0 spiro atoms. The lowest BCUT2D eigenvalue weighted by atomic mass is 9.97. The Morgan fingerprint density at radius 3 is 2.57 bits per heavy atom. The van der Waals surface area contributed by atoms with Crippen LogP contribution in [-0.2, 0) is 18.3 Å². The van der Waals surface area contributed by atoms with Crippen molar-refractivity contribution in [3.8, 4) is 0 Å². The number of carboxylic acids is 1. The molecule has 0 fully saturated rings. The molecule has 21 heavy (non-hydrogen) atoms. The number of nitrogens with zero attached hydrogens (tertiary/aromatic N) is 3. The quantitative estimate of drug-likeness (QED) is 0.561. The molecule has 1 atom stereocenters. The van der Waals surface area contributed by atoms with Gasteiger partial charge in [-0.25, -0.2) is 4.68 Å². The highest BCUT2D eigenvalue weighted by Crippen LogP contribution is 2.28. The fraction of sp³-hybridized carbons (Fsp3) is 0.692. The van der Waals surface area contributed by atoms with E-state index in [1.54, 1.807) is 14.0 Å². The van der Waals surface area contributed by atoms with Gasteiger partial charge in [-0.05, 0) is 18.8 Å². The smallest absolute Gasteiger partial charge is 0.333 e. The summed E-state index contributed by atoms with van der Waals surface area (Å²) in [5, 5.41) is 27.4. The Morgan fingerprint density at radius 2 is 2.14 bits per heavy atom. The molecule has 1 unspecified atom stereocenters. The van der Waals surface area contributed by atoms with Gasteiger partial charge in [0.1, 0.15) is 5.69 Å². The second-order valence-electron chi connectivity index (χ2n) is 5.42. The molecule has 0 aliphatic carbocycles. The summed E-state index contributed by atoms with van der Waals surface area (Å²) in [5.41, 5.74) is 0.314.